The fourth-order valence-electron chi connectivity index (χ4n) is 6.93. The number of nitrogens with one attached hydrogen (secondary N) is 1. The van der Waals surface area contributed by atoms with Crippen LogP contribution in [-0.2, 0) is 26.2 Å². The first-order chi connectivity index (χ1) is 25.5. The maximum Gasteiger partial charge on any atom is 0.435 e. The van der Waals surface area contributed by atoms with Crippen LogP contribution >= 0.6 is 0 Å². The molecule has 0 atom stereocenters. The van der Waals surface area contributed by atoms with Gasteiger partial charge < -0.3 is 28.8 Å². The molecule has 53 heavy (non-hydrogen) atoms. The molecular weight excluding hydrogens is 695 g/mol. The third kappa shape index (κ3) is 6.13. The third-order valence-corrected chi connectivity index (χ3v) is 9.40. The second kappa shape index (κ2) is 12.9. The van der Waals surface area contributed by atoms with Gasteiger partial charge in [0.15, 0.2) is 17.8 Å². The molecule has 0 spiro atoms. The van der Waals surface area contributed by atoms with Gasteiger partial charge in [-0.25, -0.2) is 9.97 Å². The number of methoxy groups -OCH3 is 1. The van der Waals surface area contributed by atoms with Crippen molar-refractivity contribution in [2.45, 2.75) is 25.2 Å². The number of hydrogen-bond donors (Lipinski definition) is 1. The molecule has 2 aliphatic heterocycles. The van der Waals surface area contributed by atoms with Gasteiger partial charge in [-0.2, -0.15) is 18.3 Å². The van der Waals surface area contributed by atoms with Gasteiger partial charge in [-0.05, 0) is 53.4 Å². The molecule has 270 valence electrons. The minimum Gasteiger partial charge on any atom is -0.497 e. The van der Waals surface area contributed by atoms with Gasteiger partial charge in [0.2, 0.25) is 0 Å². The average molecular weight is 726 g/mol. The summed E-state index contributed by atoms with van der Waals surface area (Å²) < 4.78 is 56.0. The van der Waals surface area contributed by atoms with E-state index in [0.29, 0.717) is 33.5 Å². The molecule has 8 rings (SSSR count). The number of aryl methyl sites for hydroxylation is 1. The predicted molar refractivity (Wildman–Crippen MR) is 182 cm³/mol. The number of benzene rings is 2. The Morgan fingerprint density at radius 3 is 2.60 bits per heavy atom. The number of carbonyl (C=O) groups excluding carboxylic acids is 3. The number of ether oxygens (including phenoxy) is 1. The van der Waals surface area contributed by atoms with Crippen molar-refractivity contribution in [3.05, 3.63) is 108 Å². The minimum absolute atomic E-state index is 0.114. The van der Waals surface area contributed by atoms with Gasteiger partial charge in [-0.3, -0.25) is 24.0 Å². The van der Waals surface area contributed by atoms with Crippen LogP contribution in [0.2, 0.25) is 0 Å². The van der Waals surface area contributed by atoms with E-state index in [1.54, 1.807) is 58.5 Å². The van der Waals surface area contributed by atoms with Crippen LogP contribution in [0.1, 0.15) is 48.0 Å². The molecule has 6 aromatic rings. The molecule has 1 fully saturated rings. The maximum absolute atomic E-state index is 14.5. The zero-order chi connectivity index (χ0) is 37.0. The number of nitrogens with zero attached hydrogens (tertiary/aromatic N) is 8. The van der Waals surface area contributed by atoms with Crippen LogP contribution in [-0.4, -0.2) is 84.7 Å². The number of anilines is 1. The zero-order valence-corrected chi connectivity index (χ0v) is 28.3. The molecule has 6 heterocycles. The standard InChI is InChI=1S/C36H30F3N9O5/c1-45-16-28(32(44-45)36(37,38)39)24-9-20(13-46-8-6-40-18-46)10-25-23(24)4-7-48(34(25)50)30-3-5-41-31-26(30)11-22(52-2)12-27(31)33(49)43-21-14-47(15-21)35(51)29-17-53-19-42-29/h3,5-6,8-12,16-19,21H,4,7,13-15H2,1-2H3,(H,43,49). The second-order valence-electron chi connectivity index (χ2n) is 12.8. The summed E-state index contributed by atoms with van der Waals surface area (Å²) in [4.78, 5) is 56.3. The Morgan fingerprint density at radius 2 is 1.89 bits per heavy atom. The van der Waals surface area contributed by atoms with Crippen molar-refractivity contribution in [1.82, 2.24) is 39.5 Å². The minimum atomic E-state index is -4.72. The van der Waals surface area contributed by atoms with E-state index >= 15 is 0 Å². The van der Waals surface area contributed by atoms with Gasteiger partial charge in [0.25, 0.3) is 17.7 Å². The van der Waals surface area contributed by atoms with Gasteiger partial charge in [0.05, 0.1) is 36.2 Å². The molecule has 2 aliphatic rings. The van der Waals surface area contributed by atoms with Crippen LogP contribution < -0.4 is 15.0 Å². The Hall–Kier alpha value is -6.52. The number of amides is 3. The Labute approximate surface area is 298 Å². The summed E-state index contributed by atoms with van der Waals surface area (Å²) in [6.45, 7) is 0.939. The number of pyridine rings is 1. The molecule has 0 radical (unpaired) electrons. The molecule has 1 saturated heterocycles. The van der Waals surface area contributed by atoms with Crippen LogP contribution in [0, 0.1) is 0 Å². The molecule has 4 aromatic heterocycles. The zero-order valence-electron chi connectivity index (χ0n) is 28.3. The molecule has 2 aromatic carbocycles. The first-order valence-electron chi connectivity index (χ1n) is 16.5. The van der Waals surface area contributed by atoms with E-state index in [4.69, 9.17) is 9.15 Å². The largest absolute Gasteiger partial charge is 0.497 e. The van der Waals surface area contributed by atoms with Crippen LogP contribution in [0.15, 0.2) is 78.5 Å². The molecule has 0 saturated carbocycles. The summed E-state index contributed by atoms with van der Waals surface area (Å²) in [5.74, 6) is -0.833. The van der Waals surface area contributed by atoms with Crippen molar-refractivity contribution in [2.75, 3.05) is 31.6 Å². The first kappa shape index (κ1) is 33.6. The smallest absolute Gasteiger partial charge is 0.435 e. The Bertz CT molecular complexity index is 2380. The average Bonchev–Trinajstić information content (AvgIpc) is 3.92. The molecule has 1 N–H and O–H groups in total. The van der Waals surface area contributed by atoms with Crippen LogP contribution in [0.25, 0.3) is 22.0 Å². The Balaban J connectivity index is 1.14. The highest BCUT2D eigenvalue weighted by Gasteiger charge is 2.39. The van der Waals surface area contributed by atoms with Crippen molar-refractivity contribution in [1.29, 1.82) is 0 Å². The van der Waals surface area contributed by atoms with Gasteiger partial charge >= 0.3 is 6.18 Å². The third-order valence-electron chi connectivity index (χ3n) is 9.40. The van der Waals surface area contributed by atoms with Crippen LogP contribution in [0.4, 0.5) is 18.9 Å². The van der Waals surface area contributed by atoms with Gasteiger partial charge in [-0.1, -0.05) is 0 Å². The number of hydrogen-bond acceptors (Lipinski definition) is 9. The lowest BCUT2D eigenvalue weighted by molar-refractivity contribution is -0.141. The number of fused-ring (bicyclic) bond motifs is 2. The number of carbonyl (C=O) groups is 3. The van der Waals surface area contributed by atoms with Gasteiger partial charge in [0.1, 0.15) is 12.0 Å². The van der Waals surface area contributed by atoms with E-state index in [1.165, 1.54) is 44.1 Å². The molecular formula is C36H30F3N9O5. The fourth-order valence-corrected chi connectivity index (χ4v) is 6.93. The second-order valence-corrected chi connectivity index (χ2v) is 12.8. The van der Waals surface area contributed by atoms with E-state index < -0.39 is 23.7 Å². The van der Waals surface area contributed by atoms with Gasteiger partial charge in [0, 0.05) is 74.5 Å². The quantitative estimate of drug-likeness (QED) is 0.241. The van der Waals surface area contributed by atoms with E-state index in [9.17, 15) is 27.6 Å². The van der Waals surface area contributed by atoms with Crippen molar-refractivity contribution < 1.29 is 36.7 Å². The number of halogens is 3. The summed E-state index contributed by atoms with van der Waals surface area (Å²) in [6, 6.07) is 7.95. The topological polar surface area (TPSA) is 154 Å². The number of imidazole rings is 1. The van der Waals surface area contributed by atoms with Crippen molar-refractivity contribution >= 4 is 34.3 Å². The highest BCUT2D eigenvalue weighted by molar-refractivity contribution is 6.15. The van der Waals surface area contributed by atoms with Crippen LogP contribution in [0.3, 0.4) is 0 Å². The predicted octanol–water partition coefficient (Wildman–Crippen LogP) is 4.35. The number of likely N-dealkylation sites (tertiary alicyclic amines) is 1. The lowest BCUT2D eigenvalue weighted by atomic mass is 9.87. The fraction of sp³-hybridized carbons (Fsp3) is 0.250. The number of alkyl halides is 3. The van der Waals surface area contributed by atoms with Gasteiger partial charge in [-0.15, -0.1) is 0 Å². The van der Waals surface area contributed by atoms with E-state index in [0.717, 1.165) is 4.68 Å². The van der Waals surface area contributed by atoms with E-state index in [2.05, 4.69) is 25.4 Å². The van der Waals surface area contributed by atoms with Crippen molar-refractivity contribution in [3.63, 3.8) is 0 Å². The van der Waals surface area contributed by atoms with E-state index in [-0.39, 0.29) is 72.5 Å². The highest BCUT2D eigenvalue weighted by atomic mass is 19.4. The monoisotopic (exact) mass is 725 g/mol. The summed E-state index contributed by atoms with van der Waals surface area (Å²) in [5.41, 5.74) is 1.60. The SMILES string of the molecule is COc1cc(C(=O)NC2CN(C(=O)c3cocn3)C2)c2nccc(N3CCc4c(cc(Cn5ccnc5)cc4-c4cn(C)nc4C(F)(F)F)C3=O)c2c1. The summed E-state index contributed by atoms with van der Waals surface area (Å²) in [7, 11) is 2.88. The Morgan fingerprint density at radius 1 is 1.08 bits per heavy atom. The molecule has 0 aliphatic carbocycles. The van der Waals surface area contributed by atoms with Crippen molar-refractivity contribution in [2.24, 2.45) is 7.05 Å². The lowest BCUT2D eigenvalue weighted by Crippen LogP contribution is -2.61. The summed E-state index contributed by atoms with van der Waals surface area (Å²) >= 11 is 0. The molecule has 17 heteroatoms. The van der Waals surface area contributed by atoms with Crippen LogP contribution in [0.5, 0.6) is 5.75 Å². The normalized spacial score (nSPS) is 14.7. The van der Waals surface area contributed by atoms with Crippen molar-refractivity contribution in [3.8, 4) is 16.9 Å². The summed E-state index contributed by atoms with van der Waals surface area (Å²) in [5, 5.41) is 7.13. The first-order valence-corrected chi connectivity index (χ1v) is 16.5. The number of rotatable bonds is 8. The van der Waals surface area contributed by atoms with E-state index in [1.807, 2.05) is 0 Å². The Kier molecular flexibility index (Phi) is 8.19. The number of aromatic nitrogens is 6. The maximum atomic E-state index is 14.5. The highest BCUT2D eigenvalue weighted by Crippen LogP contribution is 2.41. The molecule has 0 bridgehead atoms. The lowest BCUT2D eigenvalue weighted by Gasteiger charge is -2.39. The molecule has 14 nitrogen and oxygen atoms in total. The number of oxazole rings is 1. The molecule has 0 unspecified atom stereocenters. The molecule has 3 amide bonds. The summed E-state index contributed by atoms with van der Waals surface area (Å²) in [6.07, 6.45) is 5.67.